The highest BCUT2D eigenvalue weighted by Gasteiger charge is 2.53. The molecule has 1 aliphatic carbocycles. The van der Waals surface area contributed by atoms with Gasteiger partial charge in [0.1, 0.15) is 11.6 Å². The van der Waals surface area contributed by atoms with Gasteiger partial charge < -0.3 is 5.32 Å². The van der Waals surface area contributed by atoms with Crippen molar-refractivity contribution in [2.24, 2.45) is 5.92 Å². The molecule has 0 aromatic heterocycles. The molecule has 0 heterocycles. The van der Waals surface area contributed by atoms with Crippen LogP contribution in [0.15, 0.2) is 18.2 Å². The third-order valence-electron chi connectivity index (χ3n) is 3.72. The Hall–Kier alpha value is -0.960. The average Bonchev–Trinajstić information content (AvgIpc) is 2.87. The molecule has 1 N–H and O–H groups in total. The van der Waals surface area contributed by atoms with Crippen molar-refractivity contribution >= 4 is 0 Å². The summed E-state index contributed by atoms with van der Waals surface area (Å²) in [7, 11) is 0. The van der Waals surface area contributed by atoms with Gasteiger partial charge in [-0.1, -0.05) is 26.8 Å². The molecule has 0 aliphatic heterocycles. The first kappa shape index (κ1) is 12.5. The minimum Gasteiger partial charge on any atom is -0.314 e. The first-order chi connectivity index (χ1) is 7.95. The highest BCUT2D eigenvalue weighted by atomic mass is 19.1. The summed E-state index contributed by atoms with van der Waals surface area (Å²) in [5.74, 6) is -0.504. The molecule has 1 nitrogen and oxygen atoms in total. The molecular formula is C14H19F2N. The molecule has 1 aromatic rings. The summed E-state index contributed by atoms with van der Waals surface area (Å²) in [5.41, 5.74) is -0.0762. The van der Waals surface area contributed by atoms with Crippen LogP contribution in [0.2, 0.25) is 0 Å². The Morgan fingerprint density at radius 3 is 2.47 bits per heavy atom. The van der Waals surface area contributed by atoms with E-state index in [0.717, 1.165) is 13.0 Å². The topological polar surface area (TPSA) is 12.0 Å². The molecule has 0 bridgehead atoms. The number of hydrogen-bond acceptors (Lipinski definition) is 1. The van der Waals surface area contributed by atoms with Gasteiger partial charge in [-0.25, -0.2) is 8.78 Å². The summed E-state index contributed by atoms with van der Waals surface area (Å²) in [6.45, 7) is 6.91. The quantitative estimate of drug-likeness (QED) is 0.850. The number of hydrogen-bond donors (Lipinski definition) is 1. The van der Waals surface area contributed by atoms with Gasteiger partial charge in [0.05, 0.1) is 0 Å². The fraction of sp³-hybridized carbons (Fsp3) is 0.571. The van der Waals surface area contributed by atoms with E-state index >= 15 is 0 Å². The lowest BCUT2D eigenvalue weighted by Gasteiger charge is -2.15. The molecule has 0 amide bonds. The molecule has 2 unspecified atom stereocenters. The van der Waals surface area contributed by atoms with Crippen LogP contribution in [0.25, 0.3) is 0 Å². The van der Waals surface area contributed by atoms with E-state index in [1.807, 2.05) is 6.92 Å². The molecule has 0 radical (unpaired) electrons. The number of benzene rings is 1. The molecule has 0 spiro atoms. The normalized spacial score (nSPS) is 27.5. The third kappa shape index (κ3) is 2.34. The monoisotopic (exact) mass is 239 g/mol. The lowest BCUT2D eigenvalue weighted by Crippen LogP contribution is -2.27. The molecular weight excluding hydrogens is 220 g/mol. The van der Waals surface area contributed by atoms with Crippen LogP contribution in [0, 0.1) is 17.6 Å². The Morgan fingerprint density at radius 1 is 1.35 bits per heavy atom. The minimum absolute atomic E-state index is 0.260. The second-order valence-electron chi connectivity index (χ2n) is 5.48. The number of rotatable bonds is 4. The van der Waals surface area contributed by atoms with Crippen LogP contribution in [0.4, 0.5) is 8.78 Å². The van der Waals surface area contributed by atoms with Crippen molar-refractivity contribution in [2.75, 3.05) is 6.54 Å². The van der Waals surface area contributed by atoms with Crippen molar-refractivity contribution in [3.8, 4) is 0 Å². The lowest BCUT2D eigenvalue weighted by atomic mass is 9.94. The van der Waals surface area contributed by atoms with E-state index < -0.39 is 11.6 Å². The van der Waals surface area contributed by atoms with E-state index in [1.54, 1.807) is 0 Å². The van der Waals surface area contributed by atoms with Crippen LogP contribution in [0.1, 0.15) is 32.8 Å². The second kappa shape index (κ2) is 4.37. The maximum atomic E-state index is 13.7. The minimum atomic E-state index is -0.417. The van der Waals surface area contributed by atoms with Gasteiger partial charge >= 0.3 is 0 Å². The van der Waals surface area contributed by atoms with Gasteiger partial charge in [-0.15, -0.1) is 0 Å². The largest absolute Gasteiger partial charge is 0.314 e. The van der Waals surface area contributed by atoms with E-state index in [4.69, 9.17) is 0 Å². The highest BCUT2D eigenvalue weighted by molar-refractivity contribution is 5.35. The molecule has 94 valence electrons. The van der Waals surface area contributed by atoms with Crippen molar-refractivity contribution in [3.05, 3.63) is 35.4 Å². The molecule has 1 fully saturated rings. The summed E-state index contributed by atoms with van der Waals surface area (Å²) in [6.07, 6.45) is 0.852. The molecule has 1 aliphatic rings. The third-order valence-corrected chi connectivity index (χ3v) is 3.72. The molecule has 2 atom stereocenters. The summed E-state index contributed by atoms with van der Waals surface area (Å²) >= 11 is 0. The number of nitrogens with one attached hydrogen (secondary N) is 1. The van der Waals surface area contributed by atoms with Crippen LogP contribution in [-0.2, 0) is 5.41 Å². The van der Waals surface area contributed by atoms with Gasteiger partial charge in [-0.3, -0.25) is 0 Å². The van der Waals surface area contributed by atoms with Gasteiger partial charge in [-0.2, -0.15) is 0 Å². The smallest absolute Gasteiger partial charge is 0.129 e. The summed E-state index contributed by atoms with van der Waals surface area (Å²) in [5, 5.41) is 3.33. The van der Waals surface area contributed by atoms with Crippen LogP contribution >= 0.6 is 0 Å². The van der Waals surface area contributed by atoms with Crippen molar-refractivity contribution in [2.45, 2.75) is 38.6 Å². The highest BCUT2D eigenvalue weighted by Crippen LogP contribution is 2.54. The zero-order valence-corrected chi connectivity index (χ0v) is 10.6. The zero-order chi connectivity index (χ0) is 12.6. The first-order valence-corrected chi connectivity index (χ1v) is 6.13. The molecule has 1 saturated carbocycles. The molecule has 2 rings (SSSR count). The first-order valence-electron chi connectivity index (χ1n) is 6.13. The van der Waals surface area contributed by atoms with E-state index in [2.05, 4.69) is 19.2 Å². The predicted octanol–water partition coefficient (Wildman–Crippen LogP) is 3.24. The summed E-state index contributed by atoms with van der Waals surface area (Å²) in [4.78, 5) is 0. The summed E-state index contributed by atoms with van der Waals surface area (Å²) < 4.78 is 27.4. The molecule has 17 heavy (non-hydrogen) atoms. The Kier molecular flexibility index (Phi) is 3.21. The van der Waals surface area contributed by atoms with Crippen molar-refractivity contribution < 1.29 is 8.78 Å². The van der Waals surface area contributed by atoms with E-state index in [1.165, 1.54) is 18.2 Å². The van der Waals surface area contributed by atoms with Gasteiger partial charge in [0, 0.05) is 17.0 Å². The van der Waals surface area contributed by atoms with Gasteiger partial charge in [0.15, 0.2) is 0 Å². The Morgan fingerprint density at radius 2 is 1.94 bits per heavy atom. The Bertz CT molecular complexity index is 396. The zero-order valence-electron chi connectivity index (χ0n) is 10.6. The Balaban J connectivity index is 2.14. The lowest BCUT2D eigenvalue weighted by molar-refractivity contribution is 0.487. The number of halogens is 2. The fourth-order valence-corrected chi connectivity index (χ4v) is 2.48. The van der Waals surface area contributed by atoms with E-state index in [0.29, 0.717) is 12.0 Å². The van der Waals surface area contributed by atoms with Crippen LogP contribution < -0.4 is 5.32 Å². The maximum Gasteiger partial charge on any atom is 0.129 e. The van der Waals surface area contributed by atoms with Crippen LogP contribution in [0.5, 0.6) is 0 Å². The Labute approximate surface area is 101 Å². The predicted molar refractivity (Wildman–Crippen MR) is 65.0 cm³/mol. The molecule has 1 aromatic carbocycles. The molecule has 0 saturated heterocycles. The van der Waals surface area contributed by atoms with Crippen molar-refractivity contribution in [1.29, 1.82) is 0 Å². The van der Waals surface area contributed by atoms with E-state index in [-0.39, 0.29) is 11.0 Å². The SMILES string of the molecule is CC(C)NCC1CC1(C)c1c(F)cccc1F. The molecule has 3 heteroatoms. The summed E-state index contributed by atoms with van der Waals surface area (Å²) in [6, 6.07) is 4.51. The fourth-order valence-electron chi connectivity index (χ4n) is 2.48. The van der Waals surface area contributed by atoms with Crippen molar-refractivity contribution in [1.82, 2.24) is 5.32 Å². The standard InChI is InChI=1S/C14H19F2N/c1-9(2)17-8-10-7-14(10,3)13-11(15)5-4-6-12(13)16/h4-6,9-10,17H,7-8H2,1-3H3. The van der Waals surface area contributed by atoms with Crippen LogP contribution in [-0.4, -0.2) is 12.6 Å². The van der Waals surface area contributed by atoms with Gasteiger partial charge in [0.2, 0.25) is 0 Å². The van der Waals surface area contributed by atoms with Gasteiger partial charge in [-0.05, 0) is 31.0 Å². The van der Waals surface area contributed by atoms with Gasteiger partial charge in [0.25, 0.3) is 0 Å². The van der Waals surface area contributed by atoms with Crippen molar-refractivity contribution in [3.63, 3.8) is 0 Å². The van der Waals surface area contributed by atoms with Crippen LogP contribution in [0.3, 0.4) is 0 Å². The second-order valence-corrected chi connectivity index (χ2v) is 5.48. The average molecular weight is 239 g/mol. The van der Waals surface area contributed by atoms with E-state index in [9.17, 15) is 8.78 Å². The maximum absolute atomic E-state index is 13.7.